The molecule has 0 N–H and O–H groups in total. The van der Waals surface area contributed by atoms with E-state index in [0.717, 1.165) is 23.7 Å². The molecular formula is C24H33N. The van der Waals surface area contributed by atoms with Crippen molar-refractivity contribution in [1.82, 2.24) is 4.98 Å². The van der Waals surface area contributed by atoms with E-state index in [9.17, 15) is 0 Å². The van der Waals surface area contributed by atoms with Crippen LogP contribution in [0.15, 0.2) is 36.2 Å². The summed E-state index contributed by atoms with van der Waals surface area (Å²) in [6.07, 6.45) is 19.5. The van der Waals surface area contributed by atoms with Crippen LogP contribution in [0.25, 0.3) is 0 Å². The van der Waals surface area contributed by atoms with Gasteiger partial charge >= 0.3 is 0 Å². The number of hydrogen-bond donors (Lipinski definition) is 0. The lowest BCUT2D eigenvalue weighted by molar-refractivity contribution is -0.0415. The molecule has 0 bridgehead atoms. The van der Waals surface area contributed by atoms with Crippen molar-refractivity contribution in [3.8, 4) is 0 Å². The molecule has 6 atom stereocenters. The molecule has 0 aliphatic heterocycles. The quantitative estimate of drug-likeness (QED) is 0.532. The Morgan fingerprint density at radius 2 is 1.80 bits per heavy atom. The number of aromatic nitrogens is 1. The Kier molecular flexibility index (Phi) is 3.67. The number of nitrogens with zero attached hydrogens (tertiary/aromatic N) is 1. The number of pyridine rings is 1. The summed E-state index contributed by atoms with van der Waals surface area (Å²) in [6.45, 7) is 5.27. The van der Waals surface area contributed by atoms with Crippen LogP contribution in [-0.2, 0) is 0 Å². The maximum Gasteiger partial charge on any atom is 0.0270 e. The topological polar surface area (TPSA) is 12.9 Å². The van der Waals surface area contributed by atoms with Gasteiger partial charge in [-0.3, -0.25) is 4.98 Å². The predicted molar refractivity (Wildman–Crippen MR) is 103 cm³/mol. The minimum atomic E-state index is 0.523. The van der Waals surface area contributed by atoms with Crippen molar-refractivity contribution in [2.24, 2.45) is 28.6 Å². The van der Waals surface area contributed by atoms with Crippen LogP contribution in [0.5, 0.6) is 0 Å². The lowest BCUT2D eigenvalue weighted by Crippen LogP contribution is -2.49. The second kappa shape index (κ2) is 5.69. The Morgan fingerprint density at radius 3 is 2.64 bits per heavy atom. The van der Waals surface area contributed by atoms with Gasteiger partial charge in [-0.05, 0) is 110 Å². The van der Waals surface area contributed by atoms with E-state index in [-0.39, 0.29) is 0 Å². The molecular weight excluding hydrogens is 302 g/mol. The van der Waals surface area contributed by atoms with E-state index < -0.39 is 0 Å². The van der Waals surface area contributed by atoms with Crippen LogP contribution in [0.3, 0.4) is 0 Å². The lowest BCUT2D eigenvalue weighted by atomic mass is 9.46. The molecule has 0 saturated heterocycles. The highest BCUT2D eigenvalue weighted by molar-refractivity contribution is 5.27. The average Bonchev–Trinajstić information content (AvgIpc) is 2.99. The summed E-state index contributed by atoms with van der Waals surface area (Å²) in [5.74, 6) is 3.65. The Bertz CT molecular complexity index is 677. The molecule has 4 aliphatic carbocycles. The zero-order valence-electron chi connectivity index (χ0n) is 16.0. The van der Waals surface area contributed by atoms with Gasteiger partial charge in [-0.1, -0.05) is 25.5 Å². The molecule has 0 amide bonds. The maximum atomic E-state index is 4.26. The third-order valence-electron chi connectivity index (χ3n) is 9.14. The fourth-order valence-electron chi connectivity index (χ4n) is 7.90. The molecule has 0 spiro atoms. The van der Waals surface area contributed by atoms with Gasteiger partial charge < -0.3 is 0 Å². The Hall–Kier alpha value is -1.11. The van der Waals surface area contributed by atoms with Crippen molar-refractivity contribution < 1.29 is 0 Å². The minimum absolute atomic E-state index is 0.523. The van der Waals surface area contributed by atoms with Gasteiger partial charge in [-0.15, -0.1) is 0 Å². The summed E-state index contributed by atoms with van der Waals surface area (Å²) in [7, 11) is 0. The first-order valence-corrected chi connectivity index (χ1v) is 10.7. The second-order valence-corrected chi connectivity index (χ2v) is 9.91. The van der Waals surface area contributed by atoms with Crippen molar-refractivity contribution in [3.05, 3.63) is 41.7 Å². The highest BCUT2D eigenvalue weighted by Gasteiger charge is 2.58. The SMILES string of the molecule is C[C@]12CC[C@H]3[C@@H](CCC4=CCCC[C@@]43C)[C@H]1CC[C@@H]2c1ccncc1. The van der Waals surface area contributed by atoms with Crippen molar-refractivity contribution in [2.45, 2.75) is 77.6 Å². The molecule has 0 unspecified atom stereocenters. The van der Waals surface area contributed by atoms with E-state index in [1.54, 1.807) is 5.56 Å². The largest absolute Gasteiger partial charge is 0.265 e. The van der Waals surface area contributed by atoms with Gasteiger partial charge in [0.15, 0.2) is 0 Å². The van der Waals surface area contributed by atoms with Gasteiger partial charge in [0.05, 0.1) is 0 Å². The fraction of sp³-hybridized carbons (Fsp3) is 0.708. The van der Waals surface area contributed by atoms with Crippen molar-refractivity contribution in [3.63, 3.8) is 0 Å². The van der Waals surface area contributed by atoms with Crippen molar-refractivity contribution in [1.29, 1.82) is 0 Å². The van der Waals surface area contributed by atoms with Crippen LogP contribution in [-0.4, -0.2) is 4.98 Å². The van der Waals surface area contributed by atoms with Crippen LogP contribution in [0, 0.1) is 28.6 Å². The van der Waals surface area contributed by atoms with Gasteiger partial charge in [0, 0.05) is 12.4 Å². The average molecular weight is 336 g/mol. The van der Waals surface area contributed by atoms with Crippen LogP contribution >= 0.6 is 0 Å². The predicted octanol–water partition coefficient (Wildman–Crippen LogP) is 6.52. The van der Waals surface area contributed by atoms with E-state index in [1.807, 2.05) is 18.0 Å². The highest BCUT2D eigenvalue weighted by Crippen LogP contribution is 2.68. The van der Waals surface area contributed by atoms with E-state index in [0.29, 0.717) is 10.8 Å². The lowest BCUT2D eigenvalue weighted by Gasteiger charge is -2.58. The summed E-state index contributed by atoms with van der Waals surface area (Å²) in [5, 5.41) is 0. The number of allylic oxidation sites excluding steroid dienone is 2. The molecule has 25 heavy (non-hydrogen) atoms. The zero-order chi connectivity index (χ0) is 17.1. The molecule has 1 heteroatoms. The fourth-order valence-corrected chi connectivity index (χ4v) is 7.90. The smallest absolute Gasteiger partial charge is 0.0270 e. The molecule has 134 valence electrons. The van der Waals surface area contributed by atoms with E-state index in [1.165, 1.54) is 57.8 Å². The molecule has 0 aromatic carbocycles. The number of fused-ring (bicyclic) bond motifs is 5. The van der Waals surface area contributed by atoms with Crippen LogP contribution in [0.4, 0.5) is 0 Å². The normalized spacial score (nSPS) is 45.9. The number of hydrogen-bond acceptors (Lipinski definition) is 1. The van der Waals surface area contributed by atoms with Gasteiger partial charge in [0.25, 0.3) is 0 Å². The minimum Gasteiger partial charge on any atom is -0.265 e. The number of rotatable bonds is 1. The summed E-state index contributed by atoms with van der Waals surface area (Å²) in [6, 6.07) is 4.57. The van der Waals surface area contributed by atoms with E-state index in [4.69, 9.17) is 0 Å². The molecule has 0 radical (unpaired) electrons. The van der Waals surface area contributed by atoms with Crippen molar-refractivity contribution in [2.75, 3.05) is 0 Å². The van der Waals surface area contributed by atoms with Crippen LogP contribution < -0.4 is 0 Å². The van der Waals surface area contributed by atoms with Gasteiger partial charge in [0.2, 0.25) is 0 Å². The van der Waals surface area contributed by atoms with E-state index in [2.05, 4.69) is 37.0 Å². The van der Waals surface area contributed by atoms with Gasteiger partial charge in [-0.2, -0.15) is 0 Å². The molecule has 1 aromatic heterocycles. The standard InChI is InChI=1S/C24H33N/c1-23-13-4-3-5-18(23)6-7-19-21-9-8-20(17-11-15-25-16-12-17)24(21,2)14-10-22(19)23/h5,11-12,15-16,19-22H,3-4,6-10,13-14H2,1-2H3/t19-,20+,21+,22-,23-,24+/m0/s1. The molecule has 3 fully saturated rings. The molecule has 4 aliphatic rings. The van der Waals surface area contributed by atoms with Crippen molar-refractivity contribution >= 4 is 0 Å². The Labute approximate surface area is 153 Å². The first kappa shape index (κ1) is 16.1. The summed E-state index contributed by atoms with van der Waals surface area (Å²) in [4.78, 5) is 4.26. The van der Waals surface area contributed by atoms with Crippen LogP contribution in [0.1, 0.15) is 83.1 Å². The first-order valence-electron chi connectivity index (χ1n) is 10.7. The van der Waals surface area contributed by atoms with Crippen LogP contribution in [0.2, 0.25) is 0 Å². The maximum absolute atomic E-state index is 4.26. The third-order valence-corrected chi connectivity index (χ3v) is 9.14. The summed E-state index contributed by atoms with van der Waals surface area (Å²) < 4.78 is 0. The zero-order valence-corrected chi connectivity index (χ0v) is 16.0. The highest BCUT2D eigenvalue weighted by atomic mass is 14.6. The molecule has 1 aromatic rings. The van der Waals surface area contributed by atoms with E-state index >= 15 is 0 Å². The second-order valence-electron chi connectivity index (χ2n) is 9.91. The Balaban J connectivity index is 1.47. The monoisotopic (exact) mass is 335 g/mol. The molecule has 1 heterocycles. The first-order chi connectivity index (χ1) is 12.1. The Morgan fingerprint density at radius 1 is 0.960 bits per heavy atom. The molecule has 5 rings (SSSR count). The van der Waals surface area contributed by atoms with Gasteiger partial charge in [-0.25, -0.2) is 0 Å². The third kappa shape index (κ3) is 2.23. The molecule has 1 nitrogen and oxygen atoms in total. The summed E-state index contributed by atoms with van der Waals surface area (Å²) >= 11 is 0. The van der Waals surface area contributed by atoms with Gasteiger partial charge in [0.1, 0.15) is 0 Å². The molecule has 3 saturated carbocycles. The summed E-state index contributed by atoms with van der Waals surface area (Å²) in [5.41, 5.74) is 4.46.